The van der Waals surface area contributed by atoms with Crippen LogP contribution in [0.2, 0.25) is 0 Å². The van der Waals surface area contributed by atoms with Gasteiger partial charge in [0.15, 0.2) is 5.16 Å². The van der Waals surface area contributed by atoms with Crippen LogP contribution < -0.4 is 11.4 Å². The topological polar surface area (TPSA) is 76.7 Å². The fourth-order valence-corrected chi connectivity index (χ4v) is 4.01. The number of aromatic nitrogens is 3. The minimum absolute atomic E-state index is 0.000875. The lowest BCUT2D eigenvalue weighted by molar-refractivity contribution is 0.636. The molecule has 2 atom stereocenters. The molecule has 2 aromatic rings. The van der Waals surface area contributed by atoms with Crippen molar-refractivity contribution in [1.82, 2.24) is 14.8 Å². The van der Waals surface area contributed by atoms with Crippen molar-refractivity contribution in [2.45, 2.75) is 42.3 Å². The number of nitrogens with two attached hydrogens (primary N) is 1. The molecule has 102 valence electrons. The number of nitrogens with one attached hydrogen (secondary N) is 1. The van der Waals surface area contributed by atoms with E-state index in [1.807, 2.05) is 12.3 Å². The molecule has 2 heterocycles. The first-order valence-electron chi connectivity index (χ1n) is 6.28. The minimum atomic E-state index is -0.112. The number of rotatable bonds is 5. The normalized spacial score (nSPS) is 18.4. The summed E-state index contributed by atoms with van der Waals surface area (Å²) in [5.74, 6) is 0. The number of aromatic amines is 1. The van der Waals surface area contributed by atoms with Crippen molar-refractivity contribution in [1.29, 1.82) is 0 Å². The second-order valence-electron chi connectivity index (χ2n) is 4.87. The smallest absolute Gasteiger partial charge is 0.327 e. The van der Waals surface area contributed by atoms with E-state index in [-0.39, 0.29) is 17.0 Å². The largest absolute Gasteiger partial charge is 0.344 e. The lowest BCUT2D eigenvalue weighted by atomic mass is 10.1. The van der Waals surface area contributed by atoms with Crippen LogP contribution in [0.15, 0.2) is 26.8 Å². The van der Waals surface area contributed by atoms with E-state index >= 15 is 0 Å². The van der Waals surface area contributed by atoms with E-state index in [0.717, 1.165) is 18.0 Å². The fraction of sp³-hybridized carbons (Fsp3) is 0.500. The molecular formula is C12H16N4OS2. The quantitative estimate of drug-likeness (QED) is 0.829. The van der Waals surface area contributed by atoms with Crippen molar-refractivity contribution in [3.05, 3.63) is 32.9 Å². The van der Waals surface area contributed by atoms with Crippen LogP contribution >= 0.6 is 23.1 Å². The van der Waals surface area contributed by atoms with Crippen LogP contribution in [0.5, 0.6) is 0 Å². The summed E-state index contributed by atoms with van der Waals surface area (Å²) < 4.78 is 1.77. The summed E-state index contributed by atoms with van der Waals surface area (Å²) in [6.07, 6.45) is 2.13. The van der Waals surface area contributed by atoms with E-state index in [4.69, 9.17) is 5.73 Å². The average molecular weight is 296 g/mol. The first-order chi connectivity index (χ1) is 9.16. The maximum absolute atomic E-state index is 11.8. The van der Waals surface area contributed by atoms with E-state index in [9.17, 15) is 4.79 Å². The van der Waals surface area contributed by atoms with E-state index in [1.54, 1.807) is 27.7 Å². The highest BCUT2D eigenvalue weighted by Gasteiger charge is 2.30. The minimum Gasteiger partial charge on any atom is -0.327 e. The van der Waals surface area contributed by atoms with E-state index in [2.05, 4.69) is 21.6 Å². The van der Waals surface area contributed by atoms with Gasteiger partial charge in [-0.15, -0.1) is 5.10 Å². The molecule has 1 fully saturated rings. The number of hydrogen-bond acceptors (Lipinski definition) is 5. The molecule has 1 aliphatic rings. The Morgan fingerprint density at radius 3 is 3.00 bits per heavy atom. The Balaban J connectivity index is 1.88. The predicted molar refractivity (Wildman–Crippen MR) is 77.7 cm³/mol. The average Bonchev–Trinajstić information content (AvgIpc) is 2.92. The second-order valence-corrected chi connectivity index (χ2v) is 6.76. The molecule has 0 bridgehead atoms. The van der Waals surface area contributed by atoms with E-state index in [0.29, 0.717) is 6.04 Å². The summed E-state index contributed by atoms with van der Waals surface area (Å²) in [6, 6.07) is 2.40. The molecule has 19 heavy (non-hydrogen) atoms. The first-order valence-corrected chi connectivity index (χ1v) is 8.10. The van der Waals surface area contributed by atoms with Crippen LogP contribution in [0.4, 0.5) is 0 Å². The van der Waals surface area contributed by atoms with Gasteiger partial charge in [-0.05, 0) is 42.2 Å². The third-order valence-electron chi connectivity index (χ3n) is 3.17. The van der Waals surface area contributed by atoms with Gasteiger partial charge in [-0.25, -0.2) is 9.89 Å². The standard InChI is InChI=1S/C12H16N4OS2/c1-7(13)10(8-4-5-18-6-8)19-12-15-14-11(17)16(12)9-2-3-9/h4-7,9-10H,2-3,13H2,1H3,(H,14,17). The van der Waals surface area contributed by atoms with Crippen LogP contribution in [0.3, 0.4) is 0 Å². The van der Waals surface area contributed by atoms with Gasteiger partial charge in [0.05, 0.1) is 5.25 Å². The number of hydrogen-bond donors (Lipinski definition) is 2. The Labute approximate surface area is 119 Å². The summed E-state index contributed by atoms with van der Waals surface area (Å²) in [7, 11) is 0. The van der Waals surface area contributed by atoms with Crippen LogP contribution in [0, 0.1) is 0 Å². The molecule has 0 radical (unpaired) electrons. The first kappa shape index (κ1) is 13.0. The zero-order chi connectivity index (χ0) is 13.4. The SMILES string of the molecule is CC(N)C(Sc1n[nH]c(=O)n1C1CC1)c1ccsc1. The molecule has 7 heteroatoms. The Hall–Kier alpha value is -1.05. The summed E-state index contributed by atoms with van der Waals surface area (Å²) in [6.45, 7) is 1.99. The predicted octanol–water partition coefficient (Wildman–Crippen LogP) is 2.15. The molecule has 0 aromatic carbocycles. The van der Waals surface area contributed by atoms with Crippen molar-refractivity contribution in [3.8, 4) is 0 Å². The van der Waals surface area contributed by atoms with Gasteiger partial charge < -0.3 is 5.73 Å². The van der Waals surface area contributed by atoms with Crippen LogP contribution in [0.1, 0.15) is 36.6 Å². The summed E-state index contributed by atoms with van der Waals surface area (Å²) in [5.41, 5.74) is 7.17. The number of thioether (sulfide) groups is 1. The highest BCUT2D eigenvalue weighted by molar-refractivity contribution is 7.99. The lowest BCUT2D eigenvalue weighted by Gasteiger charge is -2.18. The lowest BCUT2D eigenvalue weighted by Crippen LogP contribution is -2.23. The molecule has 1 saturated carbocycles. The summed E-state index contributed by atoms with van der Waals surface area (Å²) in [5, 5.41) is 11.7. The highest BCUT2D eigenvalue weighted by atomic mass is 32.2. The molecule has 0 saturated heterocycles. The van der Waals surface area contributed by atoms with Gasteiger partial charge in [0.1, 0.15) is 0 Å². The molecule has 5 nitrogen and oxygen atoms in total. The molecule has 1 aliphatic carbocycles. The van der Waals surface area contributed by atoms with Crippen LogP contribution in [-0.2, 0) is 0 Å². The molecular weight excluding hydrogens is 280 g/mol. The molecule has 3 rings (SSSR count). The van der Waals surface area contributed by atoms with Gasteiger partial charge in [-0.2, -0.15) is 11.3 Å². The van der Waals surface area contributed by atoms with Crippen molar-refractivity contribution < 1.29 is 0 Å². The highest BCUT2D eigenvalue weighted by Crippen LogP contribution is 2.41. The molecule has 0 spiro atoms. The van der Waals surface area contributed by atoms with E-state index < -0.39 is 0 Å². The Morgan fingerprint density at radius 2 is 2.42 bits per heavy atom. The zero-order valence-electron chi connectivity index (χ0n) is 10.6. The van der Waals surface area contributed by atoms with Crippen molar-refractivity contribution in [3.63, 3.8) is 0 Å². The number of thiophene rings is 1. The zero-order valence-corrected chi connectivity index (χ0v) is 12.2. The second kappa shape index (κ2) is 5.15. The fourth-order valence-electron chi connectivity index (χ4n) is 2.06. The maximum Gasteiger partial charge on any atom is 0.344 e. The van der Waals surface area contributed by atoms with Gasteiger partial charge in [0.2, 0.25) is 0 Å². The number of H-pyrrole nitrogens is 1. The Kier molecular flexibility index (Phi) is 3.51. The van der Waals surface area contributed by atoms with Crippen molar-refractivity contribution in [2.24, 2.45) is 5.73 Å². The molecule has 2 unspecified atom stereocenters. The Morgan fingerprint density at radius 1 is 1.63 bits per heavy atom. The van der Waals surface area contributed by atoms with Gasteiger partial charge in [-0.3, -0.25) is 4.57 Å². The van der Waals surface area contributed by atoms with Crippen LogP contribution in [-0.4, -0.2) is 20.8 Å². The van der Waals surface area contributed by atoms with Crippen LogP contribution in [0.25, 0.3) is 0 Å². The summed E-state index contributed by atoms with van der Waals surface area (Å²) in [4.78, 5) is 11.8. The summed E-state index contributed by atoms with van der Waals surface area (Å²) >= 11 is 3.23. The molecule has 2 aromatic heterocycles. The van der Waals surface area contributed by atoms with Gasteiger partial charge >= 0.3 is 5.69 Å². The molecule has 3 N–H and O–H groups in total. The monoisotopic (exact) mass is 296 g/mol. The number of nitrogens with zero attached hydrogens (tertiary/aromatic N) is 2. The molecule has 0 aliphatic heterocycles. The van der Waals surface area contributed by atoms with Gasteiger partial charge in [0, 0.05) is 12.1 Å². The van der Waals surface area contributed by atoms with Crippen molar-refractivity contribution in [2.75, 3.05) is 0 Å². The van der Waals surface area contributed by atoms with Gasteiger partial charge in [-0.1, -0.05) is 11.8 Å². The van der Waals surface area contributed by atoms with Gasteiger partial charge in [0.25, 0.3) is 0 Å². The molecule has 0 amide bonds. The third kappa shape index (κ3) is 2.63. The maximum atomic E-state index is 11.8. The van der Waals surface area contributed by atoms with Crippen molar-refractivity contribution >= 4 is 23.1 Å². The van der Waals surface area contributed by atoms with E-state index in [1.165, 1.54) is 5.56 Å². The third-order valence-corrected chi connectivity index (χ3v) is 5.32. The Bertz CT molecular complexity index is 598.